The number of esters is 1. The van der Waals surface area contributed by atoms with E-state index >= 15 is 0 Å². The van der Waals surface area contributed by atoms with Crippen LogP contribution < -0.4 is 16.0 Å². The largest absolute Gasteiger partial charge is 0.464 e. The molecule has 3 aromatic rings. The van der Waals surface area contributed by atoms with Crippen LogP contribution in [0.25, 0.3) is 0 Å². The smallest absolute Gasteiger partial charge is 0.408 e. The number of aryl methyl sites for hydroxylation is 1. The summed E-state index contributed by atoms with van der Waals surface area (Å²) in [7, 11) is -3.92. The molecular formula is C34H43N5O8S. The van der Waals surface area contributed by atoms with Crippen LogP contribution >= 0.6 is 0 Å². The second kappa shape index (κ2) is 17.3. The Morgan fingerprint density at radius 1 is 0.958 bits per heavy atom. The highest BCUT2D eigenvalue weighted by Crippen LogP contribution is 2.16. The first-order chi connectivity index (χ1) is 22.7. The van der Waals surface area contributed by atoms with Crippen LogP contribution in [0.1, 0.15) is 50.9 Å². The number of ether oxygens (including phenoxy) is 2. The third-order valence-corrected chi connectivity index (χ3v) is 8.30. The minimum atomic E-state index is -3.92. The van der Waals surface area contributed by atoms with Gasteiger partial charge in [-0.05, 0) is 64.8 Å². The number of alkyl carbamates (subject to hydrolysis) is 1. The van der Waals surface area contributed by atoms with Crippen LogP contribution in [0.3, 0.4) is 0 Å². The van der Waals surface area contributed by atoms with E-state index in [-0.39, 0.29) is 43.0 Å². The van der Waals surface area contributed by atoms with Crippen LogP contribution in [0.15, 0.2) is 84.2 Å². The van der Waals surface area contributed by atoms with E-state index in [4.69, 9.17) is 9.47 Å². The number of hydrogen-bond donors (Lipinski definition) is 3. The standard InChI is InChI=1S/C34H43N5O8S/c1-6-46-32(42)29(20-25-12-8-7-9-13-25)37-30(40)14-10-11-19-35-31(41)28(38-33(43)47-34(3,4)5)21-26-22-39(23-36-26)48(44,45)27-17-15-24(2)16-18-27/h7-10,12-18,22-23,28-29H,6,11,19-21H2,1-5H3,(H,35,41)(H,37,40)(H,38,43)/b14-10+/t28-,29-/m0/s1. The maximum absolute atomic E-state index is 13.2. The Labute approximate surface area is 281 Å². The lowest BCUT2D eigenvalue weighted by atomic mass is 10.1. The van der Waals surface area contributed by atoms with Crippen molar-refractivity contribution in [3.05, 3.63) is 96.1 Å². The van der Waals surface area contributed by atoms with E-state index in [1.807, 2.05) is 37.3 Å². The minimum Gasteiger partial charge on any atom is -0.464 e. The average molecular weight is 682 g/mol. The molecule has 48 heavy (non-hydrogen) atoms. The van der Waals surface area contributed by atoms with Crippen molar-refractivity contribution in [3.63, 3.8) is 0 Å². The van der Waals surface area contributed by atoms with Gasteiger partial charge in [-0.3, -0.25) is 9.59 Å². The molecule has 0 spiro atoms. The first-order valence-electron chi connectivity index (χ1n) is 15.5. The molecule has 14 heteroatoms. The van der Waals surface area contributed by atoms with Crippen molar-refractivity contribution in [3.8, 4) is 0 Å². The molecule has 3 rings (SSSR count). The molecule has 0 aliphatic carbocycles. The highest BCUT2D eigenvalue weighted by molar-refractivity contribution is 7.90. The lowest BCUT2D eigenvalue weighted by molar-refractivity contribution is -0.147. The first kappa shape index (κ1) is 37.5. The molecule has 0 aliphatic rings. The van der Waals surface area contributed by atoms with Gasteiger partial charge in [-0.25, -0.2) is 27.0 Å². The molecule has 1 heterocycles. The summed E-state index contributed by atoms with van der Waals surface area (Å²) in [6.45, 7) is 8.85. The van der Waals surface area contributed by atoms with Gasteiger partial charge >= 0.3 is 12.1 Å². The number of nitrogens with one attached hydrogen (secondary N) is 3. The zero-order valence-corrected chi connectivity index (χ0v) is 28.6. The molecule has 3 amide bonds. The number of amides is 3. The monoisotopic (exact) mass is 681 g/mol. The number of rotatable bonds is 15. The second-order valence-electron chi connectivity index (χ2n) is 11.9. The number of carbonyl (C=O) groups is 4. The zero-order chi connectivity index (χ0) is 35.3. The topological polar surface area (TPSA) is 175 Å². The number of carbonyl (C=O) groups excluding carboxylic acids is 4. The van der Waals surface area contributed by atoms with Crippen molar-refractivity contribution < 1.29 is 37.1 Å². The van der Waals surface area contributed by atoms with Gasteiger partial charge in [0.2, 0.25) is 11.8 Å². The summed E-state index contributed by atoms with van der Waals surface area (Å²) in [5.41, 5.74) is 1.18. The highest BCUT2D eigenvalue weighted by Gasteiger charge is 2.27. The molecule has 1 aromatic heterocycles. The van der Waals surface area contributed by atoms with Crippen LogP contribution in [0.4, 0.5) is 4.79 Å². The fourth-order valence-corrected chi connectivity index (χ4v) is 5.53. The van der Waals surface area contributed by atoms with Crippen molar-refractivity contribution in [2.24, 2.45) is 0 Å². The molecule has 0 aliphatic heterocycles. The third-order valence-electron chi connectivity index (χ3n) is 6.68. The predicted octanol–water partition coefficient (Wildman–Crippen LogP) is 3.22. The Kier molecular flexibility index (Phi) is 13.5. The molecule has 258 valence electrons. The van der Waals surface area contributed by atoms with Crippen LogP contribution in [-0.4, -0.2) is 72.1 Å². The Bertz CT molecular complexity index is 1680. The second-order valence-corrected chi connectivity index (χ2v) is 13.7. The van der Waals surface area contributed by atoms with E-state index in [0.717, 1.165) is 21.4 Å². The van der Waals surface area contributed by atoms with Gasteiger partial charge in [0, 0.05) is 25.6 Å². The summed E-state index contributed by atoms with van der Waals surface area (Å²) in [6.07, 6.45) is 4.77. The summed E-state index contributed by atoms with van der Waals surface area (Å²) in [5, 5.41) is 7.89. The summed E-state index contributed by atoms with van der Waals surface area (Å²) in [4.78, 5) is 55.0. The SMILES string of the molecule is CCOC(=O)[C@H](Cc1ccccc1)NC(=O)/C=C/CCNC(=O)[C@H](Cc1cn(S(=O)(=O)c2ccc(C)cc2)cn1)NC(=O)OC(C)(C)C. The summed E-state index contributed by atoms with van der Waals surface area (Å²) in [5.74, 6) is -1.62. The number of aromatic nitrogens is 2. The number of hydrogen-bond acceptors (Lipinski definition) is 9. The van der Waals surface area contributed by atoms with E-state index in [1.54, 1.807) is 39.8 Å². The highest BCUT2D eigenvalue weighted by atomic mass is 32.2. The Hall–Kier alpha value is -4.98. The molecular weight excluding hydrogens is 638 g/mol. The zero-order valence-electron chi connectivity index (χ0n) is 27.8. The fourth-order valence-electron chi connectivity index (χ4n) is 4.38. The minimum absolute atomic E-state index is 0.0765. The van der Waals surface area contributed by atoms with Gasteiger partial charge in [0.15, 0.2) is 0 Å². The normalized spacial score (nSPS) is 12.9. The van der Waals surface area contributed by atoms with E-state index in [9.17, 15) is 27.6 Å². The van der Waals surface area contributed by atoms with Gasteiger partial charge in [-0.15, -0.1) is 0 Å². The van der Waals surface area contributed by atoms with Crippen molar-refractivity contribution in [1.82, 2.24) is 24.9 Å². The van der Waals surface area contributed by atoms with E-state index in [2.05, 4.69) is 20.9 Å². The Morgan fingerprint density at radius 2 is 1.65 bits per heavy atom. The molecule has 0 radical (unpaired) electrons. The third kappa shape index (κ3) is 12.0. The van der Waals surface area contributed by atoms with Gasteiger partial charge < -0.3 is 25.4 Å². The van der Waals surface area contributed by atoms with Crippen LogP contribution in [0.2, 0.25) is 0 Å². The van der Waals surface area contributed by atoms with Crippen LogP contribution in [0, 0.1) is 6.92 Å². The predicted molar refractivity (Wildman–Crippen MR) is 178 cm³/mol. The van der Waals surface area contributed by atoms with E-state index in [1.165, 1.54) is 30.5 Å². The van der Waals surface area contributed by atoms with E-state index in [0.29, 0.717) is 0 Å². The molecule has 2 aromatic carbocycles. The summed E-state index contributed by atoms with van der Waals surface area (Å²) >= 11 is 0. The molecule has 0 saturated heterocycles. The number of nitrogens with zero attached hydrogens (tertiary/aromatic N) is 2. The Morgan fingerprint density at radius 3 is 2.29 bits per heavy atom. The number of benzene rings is 2. The average Bonchev–Trinajstić information content (AvgIpc) is 3.49. The number of imidazole rings is 1. The van der Waals surface area contributed by atoms with Crippen molar-refractivity contribution in [1.29, 1.82) is 0 Å². The Balaban J connectivity index is 1.62. The first-order valence-corrected chi connectivity index (χ1v) is 16.9. The van der Waals surface area contributed by atoms with Gasteiger partial charge in [0.1, 0.15) is 24.0 Å². The van der Waals surface area contributed by atoms with E-state index < -0.39 is 51.6 Å². The molecule has 0 fully saturated rings. The van der Waals surface area contributed by atoms with Crippen molar-refractivity contribution in [2.75, 3.05) is 13.2 Å². The quantitative estimate of drug-likeness (QED) is 0.124. The van der Waals surface area contributed by atoms with Gasteiger partial charge in [0.25, 0.3) is 10.0 Å². The fraction of sp³-hybridized carbons (Fsp3) is 0.382. The lowest BCUT2D eigenvalue weighted by Gasteiger charge is -2.23. The lowest BCUT2D eigenvalue weighted by Crippen LogP contribution is -2.49. The maximum atomic E-state index is 13.2. The van der Waals surface area contributed by atoms with Crippen LogP contribution in [0.5, 0.6) is 0 Å². The molecule has 2 atom stereocenters. The molecule has 3 N–H and O–H groups in total. The summed E-state index contributed by atoms with van der Waals surface area (Å²) in [6, 6.07) is 13.6. The van der Waals surface area contributed by atoms with Gasteiger partial charge in [-0.1, -0.05) is 54.1 Å². The molecule has 0 bridgehead atoms. The van der Waals surface area contributed by atoms with Crippen molar-refractivity contribution >= 4 is 33.9 Å². The molecule has 0 unspecified atom stereocenters. The molecule has 13 nitrogen and oxygen atoms in total. The molecule has 0 saturated carbocycles. The van der Waals surface area contributed by atoms with Gasteiger partial charge in [0.05, 0.1) is 17.2 Å². The van der Waals surface area contributed by atoms with Crippen LogP contribution in [-0.2, 0) is 46.7 Å². The summed E-state index contributed by atoms with van der Waals surface area (Å²) < 4.78 is 37.5. The van der Waals surface area contributed by atoms with Gasteiger partial charge in [-0.2, -0.15) is 0 Å². The maximum Gasteiger partial charge on any atom is 0.408 e. The van der Waals surface area contributed by atoms with Crippen molar-refractivity contribution in [2.45, 2.75) is 76.5 Å².